The van der Waals surface area contributed by atoms with Gasteiger partial charge in [0.05, 0.1) is 0 Å². The molecular weight excluding hydrogens is 364 g/mol. The Morgan fingerprint density at radius 3 is 2.48 bits per heavy atom. The Morgan fingerprint density at radius 2 is 1.79 bits per heavy atom. The maximum atomic E-state index is 12.8. The van der Waals surface area contributed by atoms with E-state index in [0.717, 1.165) is 51.4 Å². The summed E-state index contributed by atoms with van der Waals surface area (Å²) in [5.41, 5.74) is 0. The Morgan fingerprint density at radius 1 is 1.07 bits per heavy atom. The lowest BCUT2D eigenvalue weighted by molar-refractivity contribution is -0.135. The highest BCUT2D eigenvalue weighted by Crippen LogP contribution is 2.26. The number of piperazine rings is 1. The molecule has 2 heterocycles. The number of amides is 1. The van der Waals surface area contributed by atoms with Crippen molar-refractivity contribution in [2.45, 2.75) is 51.5 Å². The van der Waals surface area contributed by atoms with Crippen molar-refractivity contribution in [2.24, 2.45) is 16.8 Å². The van der Waals surface area contributed by atoms with E-state index >= 15 is 0 Å². The summed E-state index contributed by atoms with van der Waals surface area (Å²) < 4.78 is 0. The number of nitrogens with zero attached hydrogens (tertiary/aromatic N) is 4. The van der Waals surface area contributed by atoms with Gasteiger partial charge < -0.3 is 25.3 Å². The van der Waals surface area contributed by atoms with Crippen LogP contribution < -0.4 is 10.6 Å². The van der Waals surface area contributed by atoms with Crippen molar-refractivity contribution in [3.05, 3.63) is 0 Å². The molecule has 3 aliphatic rings. The fourth-order valence-corrected chi connectivity index (χ4v) is 4.88. The van der Waals surface area contributed by atoms with E-state index < -0.39 is 0 Å². The second kappa shape index (κ2) is 11.2. The smallest absolute Gasteiger partial charge is 0.225 e. The van der Waals surface area contributed by atoms with Gasteiger partial charge in [-0.2, -0.15) is 0 Å². The fraction of sp³-hybridized carbons (Fsp3) is 0.909. The van der Waals surface area contributed by atoms with Gasteiger partial charge in [-0.15, -0.1) is 0 Å². The minimum atomic E-state index is 0.273. The second-order valence-corrected chi connectivity index (χ2v) is 9.41. The van der Waals surface area contributed by atoms with Crippen LogP contribution in [0.25, 0.3) is 0 Å². The second-order valence-electron chi connectivity index (χ2n) is 9.41. The summed E-state index contributed by atoms with van der Waals surface area (Å²) in [5, 5.41) is 7.04. The zero-order chi connectivity index (χ0) is 20.6. The zero-order valence-corrected chi connectivity index (χ0v) is 18.8. The van der Waals surface area contributed by atoms with Gasteiger partial charge in [0.2, 0.25) is 5.91 Å². The van der Waals surface area contributed by atoms with Gasteiger partial charge in [-0.1, -0.05) is 26.2 Å². The van der Waals surface area contributed by atoms with E-state index in [9.17, 15) is 4.79 Å². The number of aliphatic imine (C=N–C) groups is 1. The molecule has 0 aromatic carbocycles. The van der Waals surface area contributed by atoms with Crippen LogP contribution in [-0.2, 0) is 4.79 Å². The molecule has 1 aliphatic carbocycles. The first-order valence-corrected chi connectivity index (χ1v) is 11.7. The first-order valence-electron chi connectivity index (χ1n) is 11.7. The Kier molecular flexibility index (Phi) is 8.60. The quantitative estimate of drug-likeness (QED) is 0.513. The molecule has 1 saturated carbocycles. The molecule has 0 radical (unpaired) electrons. The third-order valence-electron chi connectivity index (χ3n) is 6.80. The summed E-state index contributed by atoms with van der Waals surface area (Å²) in [6.45, 7) is 10.7. The molecule has 7 heteroatoms. The maximum absolute atomic E-state index is 12.8. The van der Waals surface area contributed by atoms with E-state index in [0.29, 0.717) is 17.9 Å². The summed E-state index contributed by atoms with van der Waals surface area (Å²) in [6.07, 6.45) is 6.91. The summed E-state index contributed by atoms with van der Waals surface area (Å²) >= 11 is 0. The Labute approximate surface area is 177 Å². The SMILES string of the molecule is CN=C(NCC(C)CN1CCN(C)CC1)NC1CCN(C(=O)C2CCCCC2)C1. The van der Waals surface area contributed by atoms with Crippen LogP contribution in [0.4, 0.5) is 0 Å². The number of guanidine groups is 1. The van der Waals surface area contributed by atoms with Gasteiger partial charge in [0.25, 0.3) is 0 Å². The molecule has 3 rings (SSSR count). The molecule has 2 saturated heterocycles. The lowest BCUT2D eigenvalue weighted by atomic mass is 9.88. The number of likely N-dealkylation sites (N-methyl/N-ethyl adjacent to an activating group) is 1. The number of carbonyl (C=O) groups is 1. The van der Waals surface area contributed by atoms with Crippen molar-refractivity contribution in [2.75, 3.05) is 66.5 Å². The Bertz CT molecular complexity index is 539. The van der Waals surface area contributed by atoms with Crippen molar-refractivity contribution < 1.29 is 4.79 Å². The predicted molar refractivity (Wildman–Crippen MR) is 119 cm³/mol. The highest BCUT2D eigenvalue weighted by molar-refractivity contribution is 5.81. The van der Waals surface area contributed by atoms with E-state index in [1.165, 1.54) is 45.4 Å². The lowest BCUT2D eigenvalue weighted by Gasteiger charge is -2.34. The number of rotatable bonds is 6. The van der Waals surface area contributed by atoms with Gasteiger partial charge in [0, 0.05) is 71.4 Å². The summed E-state index contributed by atoms with van der Waals surface area (Å²) in [6, 6.07) is 0.307. The van der Waals surface area contributed by atoms with E-state index in [2.05, 4.69) is 44.3 Å². The summed E-state index contributed by atoms with van der Waals surface area (Å²) in [7, 11) is 4.03. The molecule has 2 aliphatic heterocycles. The molecule has 0 aromatic heterocycles. The molecule has 0 aromatic rings. The minimum Gasteiger partial charge on any atom is -0.356 e. The molecule has 2 atom stereocenters. The zero-order valence-electron chi connectivity index (χ0n) is 18.8. The van der Waals surface area contributed by atoms with Gasteiger partial charge in [0.1, 0.15) is 0 Å². The number of hydrogen-bond acceptors (Lipinski definition) is 4. The molecule has 166 valence electrons. The molecule has 2 N–H and O–H groups in total. The van der Waals surface area contributed by atoms with Crippen molar-refractivity contribution in [1.29, 1.82) is 0 Å². The van der Waals surface area contributed by atoms with Crippen LogP contribution in [-0.4, -0.2) is 99.1 Å². The van der Waals surface area contributed by atoms with Gasteiger partial charge in [-0.05, 0) is 32.2 Å². The number of likely N-dealkylation sites (tertiary alicyclic amines) is 1. The van der Waals surface area contributed by atoms with Crippen LogP contribution in [0.1, 0.15) is 45.4 Å². The van der Waals surface area contributed by atoms with Crippen LogP contribution in [0.3, 0.4) is 0 Å². The molecule has 1 amide bonds. The lowest BCUT2D eigenvalue weighted by Crippen LogP contribution is -2.49. The van der Waals surface area contributed by atoms with Crippen LogP contribution in [0, 0.1) is 11.8 Å². The first kappa shape index (κ1) is 22.3. The van der Waals surface area contributed by atoms with Crippen LogP contribution in [0.2, 0.25) is 0 Å². The molecule has 2 unspecified atom stereocenters. The maximum Gasteiger partial charge on any atom is 0.225 e. The summed E-state index contributed by atoms with van der Waals surface area (Å²) in [5.74, 6) is 2.10. The van der Waals surface area contributed by atoms with E-state index in [1.54, 1.807) is 0 Å². The third kappa shape index (κ3) is 6.85. The van der Waals surface area contributed by atoms with E-state index in [4.69, 9.17) is 0 Å². The molecule has 29 heavy (non-hydrogen) atoms. The topological polar surface area (TPSA) is 63.2 Å². The molecule has 0 spiro atoms. The highest BCUT2D eigenvalue weighted by atomic mass is 16.2. The van der Waals surface area contributed by atoms with Crippen LogP contribution in [0.5, 0.6) is 0 Å². The number of carbonyl (C=O) groups excluding carboxylic acids is 1. The Hall–Kier alpha value is -1.34. The normalized spacial score (nSPS) is 26.5. The fourth-order valence-electron chi connectivity index (χ4n) is 4.88. The molecular formula is C22H42N6O. The van der Waals surface area contributed by atoms with Crippen molar-refractivity contribution >= 4 is 11.9 Å². The van der Waals surface area contributed by atoms with Gasteiger partial charge >= 0.3 is 0 Å². The average Bonchev–Trinajstić information content (AvgIpc) is 3.21. The third-order valence-corrected chi connectivity index (χ3v) is 6.80. The van der Waals surface area contributed by atoms with Crippen molar-refractivity contribution in [3.8, 4) is 0 Å². The van der Waals surface area contributed by atoms with Crippen LogP contribution in [0.15, 0.2) is 4.99 Å². The summed E-state index contributed by atoms with van der Waals surface area (Å²) in [4.78, 5) is 24.2. The molecule has 0 bridgehead atoms. The number of nitrogens with one attached hydrogen (secondary N) is 2. The van der Waals surface area contributed by atoms with Crippen molar-refractivity contribution in [3.63, 3.8) is 0 Å². The standard InChI is InChI=1S/C22H42N6O/c1-18(16-27-13-11-26(3)12-14-27)15-24-22(23-2)25-20-9-10-28(17-20)21(29)19-7-5-4-6-8-19/h18-20H,4-17H2,1-3H3,(H2,23,24,25). The first-order chi connectivity index (χ1) is 14.0. The van der Waals surface area contributed by atoms with Gasteiger partial charge in [-0.3, -0.25) is 9.79 Å². The molecule has 3 fully saturated rings. The van der Waals surface area contributed by atoms with E-state index in [1.807, 2.05) is 7.05 Å². The number of hydrogen-bond donors (Lipinski definition) is 2. The monoisotopic (exact) mass is 406 g/mol. The van der Waals surface area contributed by atoms with Gasteiger partial charge in [-0.25, -0.2) is 0 Å². The van der Waals surface area contributed by atoms with Crippen molar-refractivity contribution in [1.82, 2.24) is 25.3 Å². The van der Waals surface area contributed by atoms with Gasteiger partial charge in [0.15, 0.2) is 5.96 Å². The van der Waals surface area contributed by atoms with Crippen LogP contribution >= 0.6 is 0 Å². The minimum absolute atomic E-state index is 0.273. The largest absolute Gasteiger partial charge is 0.356 e. The highest BCUT2D eigenvalue weighted by Gasteiger charge is 2.31. The average molecular weight is 407 g/mol. The van der Waals surface area contributed by atoms with E-state index in [-0.39, 0.29) is 5.92 Å². The Balaban J connectivity index is 1.36. The molecule has 7 nitrogen and oxygen atoms in total. The predicted octanol–water partition coefficient (Wildman–Crippen LogP) is 1.22.